The molecule has 6 heteroatoms. The van der Waals surface area contributed by atoms with E-state index in [1.165, 1.54) is 12.1 Å². The number of amides is 1. The van der Waals surface area contributed by atoms with Gasteiger partial charge in [-0.1, -0.05) is 6.07 Å². The van der Waals surface area contributed by atoms with Gasteiger partial charge in [-0.05, 0) is 32.0 Å². The third-order valence-corrected chi connectivity index (χ3v) is 2.16. The zero-order valence-corrected chi connectivity index (χ0v) is 10.1. The molecular weight excluding hydrogens is 245 g/mol. The number of nitrogens with two attached hydrogens (primary N) is 1. The van der Waals surface area contributed by atoms with Crippen molar-refractivity contribution < 1.29 is 18.0 Å². The highest BCUT2D eigenvalue weighted by Crippen LogP contribution is 2.29. The lowest BCUT2D eigenvalue weighted by molar-refractivity contribution is -0.137. The summed E-state index contributed by atoms with van der Waals surface area (Å²) in [6.45, 7) is 3.60. The Morgan fingerprint density at radius 3 is 2.44 bits per heavy atom. The highest BCUT2D eigenvalue weighted by atomic mass is 19.4. The Labute approximate surface area is 103 Å². The van der Waals surface area contributed by atoms with Crippen LogP contribution in [0, 0.1) is 0 Å². The zero-order valence-electron chi connectivity index (χ0n) is 10.1. The molecule has 3 nitrogen and oxygen atoms in total. The number of halogens is 3. The van der Waals surface area contributed by atoms with E-state index in [0.29, 0.717) is 0 Å². The summed E-state index contributed by atoms with van der Waals surface area (Å²) in [6.07, 6.45) is -4.45. The van der Waals surface area contributed by atoms with Crippen molar-refractivity contribution >= 4 is 5.91 Å². The Bertz CT molecular complexity index is 436. The van der Waals surface area contributed by atoms with Crippen LogP contribution in [0.5, 0.6) is 0 Å². The fourth-order valence-electron chi connectivity index (χ4n) is 1.25. The molecule has 1 rings (SSSR count). The first kappa shape index (κ1) is 14.5. The molecule has 0 saturated heterocycles. The lowest BCUT2D eigenvalue weighted by atomic mass is 10.1. The van der Waals surface area contributed by atoms with Gasteiger partial charge in [0.15, 0.2) is 0 Å². The van der Waals surface area contributed by atoms with Crippen molar-refractivity contribution in [1.82, 2.24) is 5.32 Å². The molecule has 100 valence electrons. The van der Waals surface area contributed by atoms with E-state index < -0.39 is 23.2 Å². The van der Waals surface area contributed by atoms with Gasteiger partial charge in [0, 0.05) is 17.6 Å². The topological polar surface area (TPSA) is 55.1 Å². The molecule has 0 radical (unpaired) electrons. The first-order valence-corrected chi connectivity index (χ1v) is 5.34. The maximum Gasteiger partial charge on any atom is 0.416 e. The van der Waals surface area contributed by atoms with Crippen LogP contribution in [0.4, 0.5) is 13.2 Å². The Morgan fingerprint density at radius 2 is 1.94 bits per heavy atom. The summed E-state index contributed by atoms with van der Waals surface area (Å²) >= 11 is 0. The fraction of sp³-hybridized carbons (Fsp3) is 0.417. The zero-order chi connectivity index (χ0) is 14.0. The van der Waals surface area contributed by atoms with Crippen molar-refractivity contribution in [3.63, 3.8) is 0 Å². The van der Waals surface area contributed by atoms with Crippen molar-refractivity contribution in [3.8, 4) is 0 Å². The van der Waals surface area contributed by atoms with E-state index >= 15 is 0 Å². The van der Waals surface area contributed by atoms with E-state index in [1.807, 2.05) is 0 Å². The molecule has 0 unspecified atom stereocenters. The van der Waals surface area contributed by atoms with Gasteiger partial charge >= 0.3 is 6.18 Å². The summed E-state index contributed by atoms with van der Waals surface area (Å²) in [6, 6.07) is 4.27. The summed E-state index contributed by atoms with van der Waals surface area (Å²) in [5.74, 6) is -0.570. The summed E-state index contributed by atoms with van der Waals surface area (Å²) < 4.78 is 37.4. The Hall–Kier alpha value is -1.56. The summed E-state index contributed by atoms with van der Waals surface area (Å²) in [5.41, 5.74) is 4.17. The highest BCUT2D eigenvalue weighted by Gasteiger charge is 2.30. The quantitative estimate of drug-likeness (QED) is 0.875. The molecule has 18 heavy (non-hydrogen) atoms. The van der Waals surface area contributed by atoms with Crippen LogP contribution in [-0.4, -0.2) is 18.0 Å². The number of carbonyl (C=O) groups excluding carboxylic acids is 1. The van der Waals surface area contributed by atoms with Crippen LogP contribution in [0.2, 0.25) is 0 Å². The maximum atomic E-state index is 12.5. The normalized spacial score (nSPS) is 12.3. The molecule has 0 aliphatic rings. The van der Waals surface area contributed by atoms with Gasteiger partial charge in [0.1, 0.15) is 0 Å². The van der Waals surface area contributed by atoms with E-state index in [-0.39, 0.29) is 12.1 Å². The Kier molecular flexibility index (Phi) is 4.01. The molecule has 3 N–H and O–H groups in total. The number of benzene rings is 1. The van der Waals surface area contributed by atoms with Crippen LogP contribution in [-0.2, 0) is 6.18 Å². The van der Waals surface area contributed by atoms with E-state index in [1.54, 1.807) is 13.8 Å². The van der Waals surface area contributed by atoms with Gasteiger partial charge in [0.05, 0.1) is 5.56 Å². The van der Waals surface area contributed by atoms with Gasteiger partial charge in [-0.3, -0.25) is 4.79 Å². The number of hydrogen-bond donors (Lipinski definition) is 2. The maximum absolute atomic E-state index is 12.5. The Morgan fingerprint density at radius 1 is 1.33 bits per heavy atom. The summed E-state index contributed by atoms with van der Waals surface area (Å²) in [7, 11) is 0. The minimum Gasteiger partial charge on any atom is -0.350 e. The van der Waals surface area contributed by atoms with Gasteiger partial charge in [0.2, 0.25) is 0 Å². The second-order valence-electron chi connectivity index (χ2n) is 4.75. The van der Waals surface area contributed by atoms with Crippen molar-refractivity contribution in [2.75, 3.05) is 6.54 Å². The van der Waals surface area contributed by atoms with Crippen LogP contribution in [0.3, 0.4) is 0 Å². The minimum absolute atomic E-state index is 0.0333. The number of alkyl halides is 3. The van der Waals surface area contributed by atoms with E-state index in [4.69, 9.17) is 5.73 Å². The summed E-state index contributed by atoms with van der Waals surface area (Å²) in [5, 5.41) is 2.49. The molecule has 1 amide bonds. The van der Waals surface area contributed by atoms with Crippen LogP contribution in [0.25, 0.3) is 0 Å². The standard InChI is InChI=1S/C12H15F3N2O/c1-11(2,16)7-17-10(18)8-4-3-5-9(6-8)12(13,14)15/h3-6H,7,16H2,1-2H3,(H,17,18). The number of nitrogens with one attached hydrogen (secondary N) is 1. The first-order chi connectivity index (χ1) is 8.09. The lowest BCUT2D eigenvalue weighted by Crippen LogP contribution is -2.45. The number of hydrogen-bond acceptors (Lipinski definition) is 2. The monoisotopic (exact) mass is 260 g/mol. The van der Waals surface area contributed by atoms with E-state index in [9.17, 15) is 18.0 Å². The predicted molar refractivity (Wildman–Crippen MR) is 62.0 cm³/mol. The molecule has 0 aliphatic heterocycles. The molecule has 0 atom stereocenters. The lowest BCUT2D eigenvalue weighted by Gasteiger charge is -2.19. The predicted octanol–water partition coefficient (Wildman–Crippen LogP) is 2.17. The molecule has 0 fully saturated rings. The minimum atomic E-state index is -4.45. The van der Waals surface area contributed by atoms with Crippen LogP contribution < -0.4 is 11.1 Å². The van der Waals surface area contributed by atoms with Gasteiger partial charge in [0.25, 0.3) is 5.91 Å². The molecule has 0 spiro atoms. The molecule has 1 aromatic rings. The van der Waals surface area contributed by atoms with Gasteiger partial charge in [-0.25, -0.2) is 0 Å². The van der Waals surface area contributed by atoms with Gasteiger partial charge in [-0.15, -0.1) is 0 Å². The first-order valence-electron chi connectivity index (χ1n) is 5.34. The SMILES string of the molecule is CC(C)(N)CNC(=O)c1cccc(C(F)(F)F)c1. The third-order valence-electron chi connectivity index (χ3n) is 2.16. The third kappa shape index (κ3) is 4.37. The largest absolute Gasteiger partial charge is 0.416 e. The van der Waals surface area contributed by atoms with E-state index in [2.05, 4.69) is 5.32 Å². The summed E-state index contributed by atoms with van der Waals surface area (Å²) in [4.78, 5) is 11.6. The van der Waals surface area contributed by atoms with Crippen molar-refractivity contribution in [2.45, 2.75) is 25.6 Å². The van der Waals surface area contributed by atoms with Gasteiger partial charge < -0.3 is 11.1 Å². The van der Waals surface area contributed by atoms with Crippen LogP contribution in [0.1, 0.15) is 29.8 Å². The van der Waals surface area contributed by atoms with Crippen molar-refractivity contribution in [2.24, 2.45) is 5.73 Å². The van der Waals surface area contributed by atoms with Crippen molar-refractivity contribution in [1.29, 1.82) is 0 Å². The Balaban J connectivity index is 2.81. The molecule has 0 bridgehead atoms. The molecule has 0 saturated carbocycles. The van der Waals surface area contributed by atoms with Gasteiger partial charge in [-0.2, -0.15) is 13.2 Å². The van der Waals surface area contributed by atoms with Crippen LogP contribution in [0.15, 0.2) is 24.3 Å². The molecular formula is C12H15F3N2O. The molecule has 0 heterocycles. The number of rotatable bonds is 3. The average molecular weight is 260 g/mol. The smallest absolute Gasteiger partial charge is 0.350 e. The second kappa shape index (κ2) is 4.97. The second-order valence-corrected chi connectivity index (χ2v) is 4.75. The average Bonchev–Trinajstić information content (AvgIpc) is 2.24. The molecule has 0 aromatic heterocycles. The van der Waals surface area contributed by atoms with Crippen LogP contribution >= 0.6 is 0 Å². The van der Waals surface area contributed by atoms with Crippen molar-refractivity contribution in [3.05, 3.63) is 35.4 Å². The number of carbonyl (C=O) groups is 1. The van der Waals surface area contributed by atoms with E-state index in [0.717, 1.165) is 12.1 Å². The highest BCUT2D eigenvalue weighted by molar-refractivity contribution is 5.94. The fourth-order valence-corrected chi connectivity index (χ4v) is 1.25. The molecule has 0 aliphatic carbocycles. The molecule has 1 aromatic carbocycles.